The van der Waals surface area contributed by atoms with Crippen LogP contribution in [0.25, 0.3) is 0 Å². The molecule has 2 N–H and O–H groups in total. The molecule has 0 aliphatic rings. The Morgan fingerprint density at radius 2 is 1.79 bits per heavy atom. The van der Waals surface area contributed by atoms with Crippen molar-refractivity contribution in [1.29, 1.82) is 0 Å². The molecular formula is C16H18ClNS. The van der Waals surface area contributed by atoms with Crippen molar-refractivity contribution < 1.29 is 0 Å². The lowest BCUT2D eigenvalue weighted by atomic mass is 10.1. The van der Waals surface area contributed by atoms with Crippen molar-refractivity contribution in [2.75, 3.05) is 11.5 Å². The monoisotopic (exact) mass is 291 g/mol. The Balaban J connectivity index is 1.66. The fourth-order valence-corrected chi connectivity index (χ4v) is 2.94. The fraction of sp³-hybridized carbons (Fsp3) is 0.250. The van der Waals surface area contributed by atoms with Crippen LogP contribution < -0.4 is 5.73 Å². The average molecular weight is 292 g/mol. The molecule has 0 aliphatic carbocycles. The van der Waals surface area contributed by atoms with Gasteiger partial charge in [-0.05, 0) is 54.0 Å². The van der Waals surface area contributed by atoms with Crippen LogP contribution in [0.4, 0.5) is 5.69 Å². The van der Waals surface area contributed by atoms with E-state index < -0.39 is 0 Å². The molecule has 0 saturated heterocycles. The lowest BCUT2D eigenvalue weighted by Gasteiger charge is -2.04. The molecule has 0 radical (unpaired) electrons. The van der Waals surface area contributed by atoms with Crippen LogP contribution in [0.15, 0.2) is 48.5 Å². The van der Waals surface area contributed by atoms with E-state index in [0.29, 0.717) is 0 Å². The third-order valence-corrected chi connectivity index (χ3v) is 4.25. The molecule has 19 heavy (non-hydrogen) atoms. The zero-order valence-electron chi connectivity index (χ0n) is 10.8. The van der Waals surface area contributed by atoms with Crippen LogP contribution in [0, 0.1) is 0 Å². The van der Waals surface area contributed by atoms with Gasteiger partial charge in [-0.3, -0.25) is 0 Å². The van der Waals surface area contributed by atoms with Crippen molar-refractivity contribution in [2.24, 2.45) is 0 Å². The summed E-state index contributed by atoms with van der Waals surface area (Å²) in [6.45, 7) is 0. The second-order valence-corrected chi connectivity index (χ2v) is 6.07. The molecule has 0 saturated carbocycles. The Kier molecular flexibility index (Phi) is 5.62. The van der Waals surface area contributed by atoms with Gasteiger partial charge in [-0.25, -0.2) is 0 Å². The predicted octanol–water partition coefficient (Wildman–Crippen LogP) is 4.79. The number of thioether (sulfide) groups is 1. The number of nitrogens with two attached hydrogens (primary N) is 1. The average Bonchev–Trinajstić information content (AvgIpc) is 2.41. The second kappa shape index (κ2) is 7.46. The molecule has 0 spiro atoms. The third-order valence-electron chi connectivity index (χ3n) is 2.89. The molecule has 0 bridgehead atoms. The SMILES string of the molecule is Nc1cccc(CCCSCc2ccc(Cl)cc2)c1. The van der Waals surface area contributed by atoms with E-state index in [1.807, 2.05) is 36.0 Å². The van der Waals surface area contributed by atoms with Crippen LogP contribution in [-0.4, -0.2) is 5.75 Å². The quantitative estimate of drug-likeness (QED) is 0.612. The number of aryl methyl sites for hydroxylation is 1. The number of anilines is 1. The van der Waals surface area contributed by atoms with E-state index in [1.54, 1.807) is 0 Å². The van der Waals surface area contributed by atoms with Gasteiger partial charge in [0.05, 0.1) is 0 Å². The highest BCUT2D eigenvalue weighted by molar-refractivity contribution is 7.98. The van der Waals surface area contributed by atoms with Gasteiger partial charge in [0, 0.05) is 16.5 Å². The molecular weight excluding hydrogens is 274 g/mol. The molecule has 0 aromatic heterocycles. The molecule has 3 heteroatoms. The van der Waals surface area contributed by atoms with Gasteiger partial charge in [0.2, 0.25) is 0 Å². The topological polar surface area (TPSA) is 26.0 Å². The summed E-state index contributed by atoms with van der Waals surface area (Å²) in [5, 5.41) is 0.801. The normalized spacial score (nSPS) is 10.6. The number of halogens is 1. The van der Waals surface area contributed by atoms with Crippen molar-refractivity contribution in [3.63, 3.8) is 0 Å². The fourth-order valence-electron chi connectivity index (χ4n) is 1.90. The van der Waals surface area contributed by atoms with Crippen molar-refractivity contribution >= 4 is 29.1 Å². The summed E-state index contributed by atoms with van der Waals surface area (Å²) in [7, 11) is 0. The highest BCUT2D eigenvalue weighted by Gasteiger charge is 1.97. The molecule has 0 unspecified atom stereocenters. The Bertz CT molecular complexity index is 510. The molecule has 1 nitrogen and oxygen atoms in total. The number of hydrogen-bond donors (Lipinski definition) is 1. The Morgan fingerprint density at radius 1 is 1.00 bits per heavy atom. The Morgan fingerprint density at radius 3 is 2.53 bits per heavy atom. The largest absolute Gasteiger partial charge is 0.399 e. The van der Waals surface area contributed by atoms with E-state index in [4.69, 9.17) is 17.3 Å². The molecule has 2 aromatic rings. The maximum atomic E-state index is 5.86. The van der Waals surface area contributed by atoms with E-state index in [9.17, 15) is 0 Å². The summed E-state index contributed by atoms with van der Waals surface area (Å²) < 4.78 is 0. The first-order valence-electron chi connectivity index (χ1n) is 6.40. The maximum Gasteiger partial charge on any atom is 0.0406 e. The van der Waals surface area contributed by atoms with E-state index in [1.165, 1.54) is 17.5 Å². The summed E-state index contributed by atoms with van der Waals surface area (Å²) in [6.07, 6.45) is 2.28. The summed E-state index contributed by atoms with van der Waals surface area (Å²) >= 11 is 7.82. The van der Waals surface area contributed by atoms with Gasteiger partial charge in [0.1, 0.15) is 0 Å². The summed E-state index contributed by atoms with van der Waals surface area (Å²) in [5.41, 5.74) is 9.27. The molecule has 2 aromatic carbocycles. The highest BCUT2D eigenvalue weighted by atomic mass is 35.5. The van der Waals surface area contributed by atoms with Gasteiger partial charge in [0.15, 0.2) is 0 Å². The van der Waals surface area contributed by atoms with Gasteiger partial charge in [0.25, 0.3) is 0 Å². The van der Waals surface area contributed by atoms with Gasteiger partial charge < -0.3 is 5.73 Å². The first-order valence-corrected chi connectivity index (χ1v) is 7.94. The van der Waals surface area contributed by atoms with Crippen molar-refractivity contribution in [1.82, 2.24) is 0 Å². The van der Waals surface area contributed by atoms with Crippen LogP contribution in [0.1, 0.15) is 17.5 Å². The summed E-state index contributed by atoms with van der Waals surface area (Å²) in [5.74, 6) is 2.21. The predicted molar refractivity (Wildman–Crippen MR) is 86.8 cm³/mol. The van der Waals surface area contributed by atoms with Gasteiger partial charge in [-0.1, -0.05) is 35.9 Å². The molecule has 0 aliphatic heterocycles. The highest BCUT2D eigenvalue weighted by Crippen LogP contribution is 2.17. The minimum atomic E-state index is 0.801. The molecule has 0 atom stereocenters. The number of hydrogen-bond acceptors (Lipinski definition) is 2. The third kappa shape index (κ3) is 5.17. The smallest absolute Gasteiger partial charge is 0.0406 e. The Hall–Kier alpha value is -1.12. The first kappa shape index (κ1) is 14.3. The number of benzene rings is 2. The van der Waals surface area contributed by atoms with Crippen LogP contribution in [0.5, 0.6) is 0 Å². The van der Waals surface area contributed by atoms with Gasteiger partial charge >= 0.3 is 0 Å². The summed E-state index contributed by atoms with van der Waals surface area (Å²) in [4.78, 5) is 0. The van der Waals surface area contributed by atoms with E-state index >= 15 is 0 Å². The lowest BCUT2D eigenvalue weighted by Crippen LogP contribution is -1.91. The van der Waals surface area contributed by atoms with Gasteiger partial charge in [-0.15, -0.1) is 0 Å². The zero-order chi connectivity index (χ0) is 13.5. The standard InChI is InChI=1S/C16H18ClNS/c17-15-8-6-14(7-9-15)12-19-10-2-4-13-3-1-5-16(18)11-13/h1,3,5-9,11H,2,4,10,12,18H2. The van der Waals surface area contributed by atoms with E-state index in [2.05, 4.69) is 24.3 Å². The lowest BCUT2D eigenvalue weighted by molar-refractivity contribution is 0.933. The van der Waals surface area contributed by atoms with E-state index in [-0.39, 0.29) is 0 Å². The van der Waals surface area contributed by atoms with Crippen LogP contribution in [-0.2, 0) is 12.2 Å². The molecule has 0 heterocycles. The van der Waals surface area contributed by atoms with Crippen LogP contribution >= 0.6 is 23.4 Å². The second-order valence-electron chi connectivity index (χ2n) is 4.53. The van der Waals surface area contributed by atoms with Gasteiger partial charge in [-0.2, -0.15) is 11.8 Å². The molecule has 0 fully saturated rings. The number of nitrogen functional groups attached to an aromatic ring is 1. The minimum Gasteiger partial charge on any atom is -0.399 e. The van der Waals surface area contributed by atoms with Crippen LogP contribution in [0.2, 0.25) is 5.02 Å². The molecule has 0 amide bonds. The van der Waals surface area contributed by atoms with Crippen molar-refractivity contribution in [2.45, 2.75) is 18.6 Å². The minimum absolute atomic E-state index is 0.801. The zero-order valence-corrected chi connectivity index (χ0v) is 12.4. The first-order chi connectivity index (χ1) is 9.24. The number of rotatable bonds is 6. The molecule has 100 valence electrons. The van der Waals surface area contributed by atoms with Crippen molar-refractivity contribution in [3.8, 4) is 0 Å². The Labute approximate surface area is 124 Å². The summed E-state index contributed by atoms with van der Waals surface area (Å²) in [6, 6.07) is 16.2. The molecule has 2 rings (SSSR count). The van der Waals surface area contributed by atoms with Crippen molar-refractivity contribution in [3.05, 3.63) is 64.7 Å². The van der Waals surface area contributed by atoms with E-state index in [0.717, 1.165) is 28.6 Å². The van der Waals surface area contributed by atoms with Crippen LogP contribution in [0.3, 0.4) is 0 Å². The maximum absolute atomic E-state index is 5.86.